The van der Waals surface area contributed by atoms with Crippen LogP contribution in [-0.2, 0) is 9.53 Å². The first-order chi connectivity index (χ1) is 11.2. The van der Waals surface area contributed by atoms with Crippen LogP contribution in [0.1, 0.15) is 29.6 Å². The third kappa shape index (κ3) is 2.97. The lowest BCUT2D eigenvalue weighted by molar-refractivity contribution is -0.147. The maximum atomic E-state index is 12.9. The van der Waals surface area contributed by atoms with E-state index in [2.05, 4.69) is 10.2 Å². The van der Waals surface area contributed by atoms with Crippen molar-refractivity contribution in [2.75, 3.05) is 13.7 Å². The fraction of sp³-hybridized carbons (Fsp3) is 0.353. The van der Waals surface area contributed by atoms with Crippen LogP contribution >= 0.6 is 0 Å². The maximum absolute atomic E-state index is 12.9. The second-order valence-corrected chi connectivity index (χ2v) is 5.56. The highest BCUT2D eigenvalue weighted by molar-refractivity contribution is 6.01. The summed E-state index contributed by atoms with van der Waals surface area (Å²) < 4.78 is 4.85. The summed E-state index contributed by atoms with van der Waals surface area (Å²) in [6.45, 7) is 0.554. The standard InChI is InChI=1S/C17H19N3O3/c1-23-17(22)14-9-5-6-10-20(14)16(21)13-11-18-19-15(13)12-7-3-2-4-8-12/h2-4,7-8,11,14H,5-6,9-10H2,1H3,(H,18,19)/t14-/m0/s1. The van der Waals surface area contributed by atoms with Crippen LogP contribution in [0.3, 0.4) is 0 Å². The number of hydrogen-bond acceptors (Lipinski definition) is 4. The Morgan fingerprint density at radius 1 is 1.26 bits per heavy atom. The van der Waals surface area contributed by atoms with Crippen molar-refractivity contribution in [1.82, 2.24) is 15.1 Å². The normalized spacial score (nSPS) is 17.8. The summed E-state index contributed by atoms with van der Waals surface area (Å²) in [4.78, 5) is 26.5. The Morgan fingerprint density at radius 2 is 2.04 bits per heavy atom. The Kier molecular flexibility index (Phi) is 4.41. The first-order valence-electron chi connectivity index (χ1n) is 7.70. The van der Waals surface area contributed by atoms with Crippen molar-refractivity contribution >= 4 is 11.9 Å². The number of aromatic nitrogens is 2. The molecular weight excluding hydrogens is 294 g/mol. The average Bonchev–Trinajstić information content (AvgIpc) is 3.11. The van der Waals surface area contributed by atoms with Crippen molar-refractivity contribution < 1.29 is 14.3 Å². The highest BCUT2D eigenvalue weighted by Crippen LogP contribution is 2.25. The number of esters is 1. The molecule has 1 aromatic carbocycles. The number of nitrogens with zero attached hydrogens (tertiary/aromatic N) is 2. The predicted molar refractivity (Wildman–Crippen MR) is 84.7 cm³/mol. The summed E-state index contributed by atoms with van der Waals surface area (Å²) >= 11 is 0. The van der Waals surface area contributed by atoms with Gasteiger partial charge >= 0.3 is 5.97 Å². The number of benzene rings is 1. The summed E-state index contributed by atoms with van der Waals surface area (Å²) in [7, 11) is 1.35. The van der Waals surface area contributed by atoms with Crippen LogP contribution in [-0.4, -0.2) is 46.7 Å². The quantitative estimate of drug-likeness (QED) is 0.882. The van der Waals surface area contributed by atoms with Gasteiger partial charge in [-0.2, -0.15) is 5.10 Å². The number of aromatic amines is 1. The summed E-state index contributed by atoms with van der Waals surface area (Å²) in [5, 5.41) is 6.90. The molecule has 6 nitrogen and oxygen atoms in total. The van der Waals surface area contributed by atoms with Gasteiger partial charge in [-0.05, 0) is 19.3 Å². The SMILES string of the molecule is COC(=O)[C@@H]1CCCCN1C(=O)c1cn[nH]c1-c1ccccc1. The molecule has 1 fully saturated rings. The third-order valence-corrected chi connectivity index (χ3v) is 4.17. The van der Waals surface area contributed by atoms with E-state index in [-0.39, 0.29) is 11.9 Å². The lowest BCUT2D eigenvalue weighted by Crippen LogP contribution is -2.48. The molecule has 0 radical (unpaired) electrons. The molecule has 0 bridgehead atoms. The van der Waals surface area contributed by atoms with Gasteiger partial charge in [-0.1, -0.05) is 30.3 Å². The van der Waals surface area contributed by atoms with Gasteiger partial charge in [0.1, 0.15) is 6.04 Å². The number of rotatable bonds is 3. The van der Waals surface area contributed by atoms with Crippen molar-refractivity contribution in [2.24, 2.45) is 0 Å². The minimum absolute atomic E-state index is 0.187. The predicted octanol–water partition coefficient (Wildman–Crippen LogP) is 2.24. The monoisotopic (exact) mass is 313 g/mol. The molecule has 1 atom stereocenters. The first kappa shape index (κ1) is 15.3. The van der Waals surface area contributed by atoms with Gasteiger partial charge in [-0.3, -0.25) is 9.89 Å². The van der Waals surface area contributed by atoms with E-state index in [0.29, 0.717) is 24.2 Å². The van der Waals surface area contributed by atoms with E-state index < -0.39 is 6.04 Å². The van der Waals surface area contributed by atoms with Gasteiger partial charge in [0.2, 0.25) is 0 Å². The number of carbonyl (C=O) groups excluding carboxylic acids is 2. The fourth-order valence-electron chi connectivity index (χ4n) is 2.98. The molecule has 1 amide bonds. The Bertz CT molecular complexity index is 696. The Labute approximate surface area is 134 Å². The topological polar surface area (TPSA) is 75.3 Å². The van der Waals surface area contributed by atoms with Crippen LogP contribution in [0.5, 0.6) is 0 Å². The van der Waals surface area contributed by atoms with E-state index in [9.17, 15) is 9.59 Å². The van der Waals surface area contributed by atoms with Gasteiger partial charge in [-0.25, -0.2) is 4.79 Å². The molecular formula is C17H19N3O3. The zero-order chi connectivity index (χ0) is 16.2. The molecule has 120 valence electrons. The van der Waals surface area contributed by atoms with Crippen LogP contribution in [0, 0.1) is 0 Å². The van der Waals surface area contributed by atoms with Gasteiger partial charge < -0.3 is 9.64 Å². The van der Waals surface area contributed by atoms with Gasteiger partial charge in [0.15, 0.2) is 0 Å². The summed E-state index contributed by atoms with van der Waals surface area (Å²) in [6.07, 6.45) is 3.96. The molecule has 3 rings (SSSR count). The Hall–Kier alpha value is -2.63. The summed E-state index contributed by atoms with van der Waals surface area (Å²) in [6, 6.07) is 9.04. The molecule has 0 spiro atoms. The number of hydrogen-bond donors (Lipinski definition) is 1. The maximum Gasteiger partial charge on any atom is 0.328 e. The third-order valence-electron chi connectivity index (χ3n) is 4.17. The number of amides is 1. The second-order valence-electron chi connectivity index (χ2n) is 5.56. The van der Waals surface area contributed by atoms with Gasteiger partial charge in [-0.15, -0.1) is 0 Å². The zero-order valence-electron chi connectivity index (χ0n) is 13.0. The van der Waals surface area contributed by atoms with Crippen molar-refractivity contribution in [3.8, 4) is 11.3 Å². The average molecular weight is 313 g/mol. The molecule has 1 saturated heterocycles. The molecule has 0 aliphatic carbocycles. The van der Waals surface area contributed by atoms with E-state index in [1.807, 2.05) is 30.3 Å². The molecule has 1 N–H and O–H groups in total. The molecule has 2 aromatic rings. The minimum atomic E-state index is -0.514. The largest absolute Gasteiger partial charge is 0.467 e. The van der Waals surface area contributed by atoms with Crippen LogP contribution in [0.4, 0.5) is 0 Å². The Balaban J connectivity index is 1.91. The van der Waals surface area contributed by atoms with E-state index in [0.717, 1.165) is 18.4 Å². The molecule has 2 heterocycles. The van der Waals surface area contributed by atoms with E-state index in [4.69, 9.17) is 4.74 Å². The lowest BCUT2D eigenvalue weighted by atomic mass is 10.00. The van der Waals surface area contributed by atoms with E-state index in [1.165, 1.54) is 13.3 Å². The summed E-state index contributed by atoms with van der Waals surface area (Å²) in [5.74, 6) is -0.546. The van der Waals surface area contributed by atoms with Crippen LogP contribution in [0.2, 0.25) is 0 Å². The van der Waals surface area contributed by atoms with Crippen molar-refractivity contribution in [3.63, 3.8) is 0 Å². The van der Waals surface area contributed by atoms with Crippen molar-refractivity contribution in [3.05, 3.63) is 42.1 Å². The molecule has 0 unspecified atom stereocenters. The molecule has 6 heteroatoms. The number of H-pyrrole nitrogens is 1. The highest BCUT2D eigenvalue weighted by atomic mass is 16.5. The summed E-state index contributed by atoms with van der Waals surface area (Å²) in [5.41, 5.74) is 2.04. The highest BCUT2D eigenvalue weighted by Gasteiger charge is 2.34. The molecule has 1 aliphatic heterocycles. The lowest BCUT2D eigenvalue weighted by Gasteiger charge is -2.33. The second kappa shape index (κ2) is 6.64. The smallest absolute Gasteiger partial charge is 0.328 e. The van der Waals surface area contributed by atoms with Gasteiger partial charge in [0, 0.05) is 12.1 Å². The number of nitrogens with one attached hydrogen (secondary N) is 1. The number of carbonyl (C=O) groups is 2. The first-order valence-corrected chi connectivity index (χ1v) is 7.70. The zero-order valence-corrected chi connectivity index (χ0v) is 13.0. The van der Waals surface area contributed by atoms with Crippen molar-refractivity contribution in [2.45, 2.75) is 25.3 Å². The fourth-order valence-corrected chi connectivity index (χ4v) is 2.98. The van der Waals surface area contributed by atoms with Crippen LogP contribution in [0.25, 0.3) is 11.3 Å². The van der Waals surface area contributed by atoms with Gasteiger partial charge in [0.25, 0.3) is 5.91 Å². The Morgan fingerprint density at radius 3 is 2.78 bits per heavy atom. The van der Waals surface area contributed by atoms with Gasteiger partial charge in [0.05, 0.1) is 24.6 Å². The number of ether oxygens (including phenoxy) is 1. The molecule has 1 aliphatic rings. The van der Waals surface area contributed by atoms with Crippen LogP contribution in [0.15, 0.2) is 36.5 Å². The van der Waals surface area contributed by atoms with E-state index >= 15 is 0 Å². The molecule has 23 heavy (non-hydrogen) atoms. The van der Waals surface area contributed by atoms with Crippen LogP contribution < -0.4 is 0 Å². The minimum Gasteiger partial charge on any atom is -0.467 e. The number of piperidine rings is 1. The van der Waals surface area contributed by atoms with Crippen molar-refractivity contribution in [1.29, 1.82) is 0 Å². The molecule has 1 aromatic heterocycles. The van der Waals surface area contributed by atoms with E-state index in [1.54, 1.807) is 4.90 Å². The molecule has 0 saturated carbocycles. The number of likely N-dealkylation sites (tertiary alicyclic amines) is 1. The number of methoxy groups -OCH3 is 1.